The molecule has 5 saturated carbocycles. The Kier molecular flexibility index (Phi) is 7.39. The number of carboxylic acids is 1. The van der Waals surface area contributed by atoms with Crippen molar-refractivity contribution in [2.75, 3.05) is 6.54 Å². The molecule has 5 aliphatic rings. The second-order valence-corrected chi connectivity index (χ2v) is 17.1. The summed E-state index contributed by atoms with van der Waals surface area (Å²) in [5.41, 5.74) is 2.54. The molecule has 238 valence electrons. The highest BCUT2D eigenvalue weighted by molar-refractivity contribution is 5.76. The van der Waals surface area contributed by atoms with Crippen molar-refractivity contribution in [1.29, 1.82) is 0 Å². The number of carboxylic acid groups (broad SMARTS) is 1. The monoisotopic (exact) mass is 591 g/mol. The standard InChI is InChI=1S/C38H57NO4/c1-23(2)25-12-18-38(33(42)43)20-19-36(6)26(32(25)38)9-11-30-35(5)16-14-31(34(3,4)29(35)13-17-37(30,36)7)39-21-15-24-8-10-27(40)28(41)22-24/h8,10,22,25-26,29-32,39-41H,1,9,11-21H2,2-7H3,(H,42,43)/t25-,26+,29-,30?,31-,32+,35-,36+,37+,38-/m0/s1. The van der Waals surface area contributed by atoms with Gasteiger partial charge in [0.05, 0.1) is 5.41 Å². The van der Waals surface area contributed by atoms with Crippen LogP contribution in [0.5, 0.6) is 11.5 Å². The van der Waals surface area contributed by atoms with Crippen molar-refractivity contribution in [2.45, 2.75) is 118 Å². The van der Waals surface area contributed by atoms with Crippen LogP contribution in [0, 0.1) is 56.7 Å². The summed E-state index contributed by atoms with van der Waals surface area (Å²) in [5.74, 6) is 1.71. The van der Waals surface area contributed by atoms with Crippen LogP contribution in [-0.4, -0.2) is 33.9 Å². The third kappa shape index (κ3) is 4.29. The van der Waals surface area contributed by atoms with Crippen LogP contribution in [0.1, 0.15) is 111 Å². The number of nitrogens with one attached hydrogen (secondary N) is 1. The van der Waals surface area contributed by atoms with Gasteiger partial charge in [-0.05, 0) is 153 Å². The fourth-order valence-electron chi connectivity index (χ4n) is 13.0. The van der Waals surface area contributed by atoms with Crippen molar-refractivity contribution < 1.29 is 20.1 Å². The first-order chi connectivity index (χ1) is 20.1. The third-order valence-corrected chi connectivity index (χ3v) is 15.4. The van der Waals surface area contributed by atoms with Crippen LogP contribution in [0.4, 0.5) is 0 Å². The van der Waals surface area contributed by atoms with Gasteiger partial charge in [-0.15, -0.1) is 0 Å². The second kappa shape index (κ2) is 10.3. The summed E-state index contributed by atoms with van der Waals surface area (Å²) in [6.07, 6.45) is 11.9. The number of benzene rings is 1. The van der Waals surface area contributed by atoms with Crippen molar-refractivity contribution in [1.82, 2.24) is 5.32 Å². The number of phenolic OH excluding ortho intramolecular Hbond substituents is 2. The highest BCUT2D eigenvalue weighted by atomic mass is 16.4. The summed E-state index contributed by atoms with van der Waals surface area (Å²) < 4.78 is 0. The lowest BCUT2D eigenvalue weighted by Gasteiger charge is -2.73. The molecule has 10 atom stereocenters. The third-order valence-electron chi connectivity index (χ3n) is 15.4. The summed E-state index contributed by atoms with van der Waals surface area (Å²) in [7, 11) is 0. The van der Waals surface area contributed by atoms with E-state index in [4.69, 9.17) is 0 Å². The minimum Gasteiger partial charge on any atom is -0.504 e. The lowest BCUT2D eigenvalue weighted by molar-refractivity contribution is -0.240. The summed E-state index contributed by atoms with van der Waals surface area (Å²) in [4.78, 5) is 12.9. The van der Waals surface area contributed by atoms with Crippen LogP contribution in [0.15, 0.2) is 30.4 Å². The Morgan fingerprint density at radius 2 is 1.63 bits per heavy atom. The molecule has 1 aromatic carbocycles. The smallest absolute Gasteiger partial charge is 0.309 e. The van der Waals surface area contributed by atoms with Gasteiger partial charge in [0.25, 0.3) is 0 Å². The van der Waals surface area contributed by atoms with Crippen LogP contribution in [0.2, 0.25) is 0 Å². The van der Waals surface area contributed by atoms with E-state index in [9.17, 15) is 20.1 Å². The van der Waals surface area contributed by atoms with E-state index in [0.717, 1.165) is 44.2 Å². The van der Waals surface area contributed by atoms with Crippen LogP contribution in [0.3, 0.4) is 0 Å². The van der Waals surface area contributed by atoms with E-state index >= 15 is 0 Å². The number of rotatable bonds is 6. The van der Waals surface area contributed by atoms with Gasteiger partial charge >= 0.3 is 5.97 Å². The number of aliphatic carboxylic acids is 1. The molecule has 0 aliphatic heterocycles. The maximum atomic E-state index is 12.9. The summed E-state index contributed by atoms with van der Waals surface area (Å²) in [6.45, 7) is 20.3. The van der Waals surface area contributed by atoms with E-state index in [1.165, 1.54) is 44.1 Å². The average molecular weight is 592 g/mol. The number of allylic oxidation sites excluding steroid dienone is 1. The number of aromatic hydroxyl groups is 2. The summed E-state index contributed by atoms with van der Waals surface area (Å²) in [6, 6.07) is 5.60. The molecule has 0 heterocycles. The number of fused-ring (bicyclic) bond motifs is 7. The summed E-state index contributed by atoms with van der Waals surface area (Å²) >= 11 is 0. The van der Waals surface area contributed by atoms with E-state index in [1.807, 2.05) is 6.07 Å². The minimum atomic E-state index is -0.553. The molecule has 5 nitrogen and oxygen atoms in total. The molecule has 0 saturated heterocycles. The zero-order chi connectivity index (χ0) is 31.2. The molecule has 0 radical (unpaired) electrons. The largest absolute Gasteiger partial charge is 0.504 e. The zero-order valence-electron chi connectivity index (χ0n) is 27.6. The molecular weight excluding hydrogens is 534 g/mol. The van der Waals surface area contributed by atoms with Crippen LogP contribution in [0.25, 0.3) is 0 Å². The Balaban J connectivity index is 1.23. The van der Waals surface area contributed by atoms with Crippen LogP contribution >= 0.6 is 0 Å². The van der Waals surface area contributed by atoms with Gasteiger partial charge in [-0.3, -0.25) is 4.79 Å². The van der Waals surface area contributed by atoms with Gasteiger partial charge in [-0.1, -0.05) is 52.8 Å². The first kappa shape index (κ1) is 31.0. The van der Waals surface area contributed by atoms with Gasteiger partial charge in [0, 0.05) is 6.04 Å². The van der Waals surface area contributed by atoms with Crippen LogP contribution < -0.4 is 5.32 Å². The first-order valence-corrected chi connectivity index (χ1v) is 17.2. The average Bonchev–Trinajstić information content (AvgIpc) is 3.34. The van der Waals surface area contributed by atoms with E-state index in [1.54, 1.807) is 12.1 Å². The summed E-state index contributed by atoms with van der Waals surface area (Å²) in [5, 5.41) is 34.2. The Hall–Kier alpha value is -2.01. The molecule has 43 heavy (non-hydrogen) atoms. The Bertz CT molecular complexity index is 1290. The number of carbonyl (C=O) groups is 1. The molecule has 0 aromatic heterocycles. The van der Waals surface area contributed by atoms with E-state index < -0.39 is 11.4 Å². The van der Waals surface area contributed by atoms with Gasteiger partial charge in [0.1, 0.15) is 0 Å². The molecule has 1 aromatic rings. The van der Waals surface area contributed by atoms with Crippen molar-refractivity contribution >= 4 is 5.97 Å². The minimum absolute atomic E-state index is 0.0466. The topological polar surface area (TPSA) is 89.8 Å². The molecule has 0 spiro atoms. The quantitative estimate of drug-likeness (QED) is 0.197. The lowest BCUT2D eigenvalue weighted by Crippen LogP contribution is -2.67. The van der Waals surface area contributed by atoms with E-state index in [0.29, 0.717) is 29.7 Å². The molecular formula is C38H57NO4. The number of phenols is 2. The van der Waals surface area contributed by atoms with Crippen molar-refractivity contribution in [3.05, 3.63) is 35.9 Å². The molecule has 5 heteroatoms. The Morgan fingerprint density at radius 1 is 0.884 bits per heavy atom. The molecule has 1 unspecified atom stereocenters. The molecule has 5 aliphatic carbocycles. The molecule has 6 rings (SSSR count). The lowest BCUT2D eigenvalue weighted by atomic mass is 9.32. The number of hydrogen-bond donors (Lipinski definition) is 4. The maximum Gasteiger partial charge on any atom is 0.309 e. The molecule has 4 N–H and O–H groups in total. The van der Waals surface area contributed by atoms with Gasteiger partial charge in [-0.2, -0.15) is 0 Å². The maximum absolute atomic E-state index is 12.9. The number of hydrogen-bond acceptors (Lipinski definition) is 4. The molecule has 5 fully saturated rings. The van der Waals surface area contributed by atoms with Gasteiger partial charge in [0.15, 0.2) is 11.5 Å². The zero-order valence-corrected chi connectivity index (χ0v) is 27.6. The van der Waals surface area contributed by atoms with Crippen LogP contribution in [-0.2, 0) is 11.2 Å². The second-order valence-electron chi connectivity index (χ2n) is 17.1. The highest BCUT2D eigenvalue weighted by Gasteiger charge is 2.72. The Labute approximate surface area is 259 Å². The van der Waals surface area contributed by atoms with Crippen molar-refractivity contribution in [2.24, 2.45) is 56.7 Å². The van der Waals surface area contributed by atoms with Gasteiger partial charge in [-0.25, -0.2) is 0 Å². The predicted molar refractivity (Wildman–Crippen MR) is 172 cm³/mol. The van der Waals surface area contributed by atoms with E-state index in [-0.39, 0.29) is 39.1 Å². The normalized spacial score (nSPS) is 44.9. The Morgan fingerprint density at radius 3 is 2.30 bits per heavy atom. The highest BCUT2D eigenvalue weighted by Crippen LogP contribution is 2.77. The fraction of sp³-hybridized carbons (Fsp3) is 0.763. The van der Waals surface area contributed by atoms with Gasteiger partial charge < -0.3 is 20.6 Å². The first-order valence-electron chi connectivity index (χ1n) is 17.2. The fourth-order valence-corrected chi connectivity index (χ4v) is 13.0. The van der Waals surface area contributed by atoms with Crippen molar-refractivity contribution in [3.63, 3.8) is 0 Å². The van der Waals surface area contributed by atoms with E-state index in [2.05, 4.69) is 53.4 Å². The van der Waals surface area contributed by atoms with Crippen molar-refractivity contribution in [3.8, 4) is 11.5 Å². The predicted octanol–water partition coefficient (Wildman–Crippen LogP) is 8.34. The van der Waals surface area contributed by atoms with Gasteiger partial charge in [0.2, 0.25) is 0 Å². The molecule has 0 amide bonds. The molecule has 0 bridgehead atoms. The SMILES string of the molecule is C=C(C)[C@@H]1CC[C@]2(C(=O)O)CC[C@]3(C)[C@H](CCC4[C@@]5(C)CC[C@H](NCCc6ccc(O)c(O)c6)C(C)(C)[C@@H]5CC[C@]43C)[C@@H]12.